The molecule has 0 aliphatic rings. The summed E-state index contributed by atoms with van der Waals surface area (Å²) in [4.78, 5) is 28.3. The number of hydrogen-bond acceptors (Lipinski definition) is 4. The number of hydrogen-bond donors (Lipinski definition) is 1. The van der Waals surface area contributed by atoms with E-state index in [0.717, 1.165) is 10.6 Å². The lowest BCUT2D eigenvalue weighted by Gasteiger charge is -2.35. The van der Waals surface area contributed by atoms with Gasteiger partial charge in [-0.1, -0.05) is 54.4 Å². The number of benzene rings is 2. The van der Waals surface area contributed by atoms with Gasteiger partial charge in [0.25, 0.3) is 0 Å². The van der Waals surface area contributed by atoms with Gasteiger partial charge in [0.15, 0.2) is 0 Å². The number of halogens is 2. The Bertz CT molecular complexity index is 1180. The fourth-order valence-electron chi connectivity index (χ4n) is 3.64. The van der Waals surface area contributed by atoms with Crippen molar-refractivity contribution in [2.45, 2.75) is 59.2 Å². The first-order valence-corrected chi connectivity index (χ1v) is 13.8. The summed E-state index contributed by atoms with van der Waals surface area (Å²) >= 11 is 12.4. The Balaban J connectivity index is 2.51. The minimum absolute atomic E-state index is 0.0102. The van der Waals surface area contributed by atoms with Gasteiger partial charge in [0.2, 0.25) is 21.8 Å². The summed E-state index contributed by atoms with van der Waals surface area (Å²) in [7, 11) is -3.80. The zero-order chi connectivity index (χ0) is 26.6. The van der Waals surface area contributed by atoms with E-state index in [9.17, 15) is 18.0 Å². The lowest BCUT2D eigenvalue weighted by Crippen LogP contribution is -2.55. The van der Waals surface area contributed by atoms with Crippen LogP contribution in [0.1, 0.15) is 45.2 Å². The minimum atomic E-state index is -3.80. The van der Waals surface area contributed by atoms with E-state index in [2.05, 4.69) is 5.32 Å². The second kappa shape index (κ2) is 11.6. The normalized spacial score (nSPS) is 12.7. The van der Waals surface area contributed by atoms with E-state index in [1.54, 1.807) is 56.3 Å². The lowest BCUT2D eigenvalue weighted by atomic mass is 10.1. The van der Waals surface area contributed by atoms with Gasteiger partial charge in [-0.05, 0) is 63.4 Å². The predicted molar refractivity (Wildman–Crippen MR) is 142 cm³/mol. The molecule has 1 N–H and O–H groups in total. The molecule has 0 aliphatic heterocycles. The Labute approximate surface area is 218 Å². The van der Waals surface area contributed by atoms with Crippen molar-refractivity contribution in [1.82, 2.24) is 10.2 Å². The first-order chi connectivity index (χ1) is 16.1. The summed E-state index contributed by atoms with van der Waals surface area (Å²) in [6.07, 6.45) is 1.37. The molecule has 0 bridgehead atoms. The Kier molecular flexibility index (Phi) is 9.62. The number of nitrogens with zero attached hydrogens (tertiary/aromatic N) is 2. The third-order valence-corrected chi connectivity index (χ3v) is 7.02. The SMILES string of the molecule is CC[C@H](C(=O)NC(C)(C)C)N(Cc1ccc(Cl)cc1Cl)C(=O)CN(c1ccccc1C)S(C)(=O)=O. The van der Waals surface area contributed by atoms with E-state index < -0.39 is 34.1 Å². The van der Waals surface area contributed by atoms with E-state index in [1.165, 1.54) is 4.90 Å². The fraction of sp³-hybridized carbons (Fsp3) is 0.440. The van der Waals surface area contributed by atoms with E-state index in [-0.39, 0.29) is 12.5 Å². The zero-order valence-electron chi connectivity index (χ0n) is 20.9. The van der Waals surface area contributed by atoms with Gasteiger partial charge >= 0.3 is 0 Å². The van der Waals surface area contributed by atoms with Crippen molar-refractivity contribution in [3.63, 3.8) is 0 Å². The second-order valence-electron chi connectivity index (χ2n) is 9.48. The third-order valence-electron chi connectivity index (χ3n) is 5.30. The monoisotopic (exact) mass is 541 g/mol. The molecule has 0 spiro atoms. The number of rotatable bonds is 9. The molecule has 7 nitrogen and oxygen atoms in total. The molecule has 0 saturated heterocycles. The average molecular weight is 543 g/mol. The Hall–Kier alpha value is -2.29. The van der Waals surface area contributed by atoms with Crippen molar-refractivity contribution < 1.29 is 18.0 Å². The molecule has 0 unspecified atom stereocenters. The van der Waals surface area contributed by atoms with E-state index >= 15 is 0 Å². The van der Waals surface area contributed by atoms with Gasteiger partial charge < -0.3 is 10.2 Å². The van der Waals surface area contributed by atoms with Gasteiger partial charge in [0, 0.05) is 22.1 Å². The molecule has 2 amide bonds. The highest BCUT2D eigenvalue weighted by Gasteiger charge is 2.33. The molecule has 0 saturated carbocycles. The van der Waals surface area contributed by atoms with E-state index in [0.29, 0.717) is 33.3 Å². The highest BCUT2D eigenvalue weighted by atomic mass is 35.5. The molecule has 2 rings (SSSR count). The molecular formula is C25H33Cl2N3O4S. The average Bonchev–Trinajstić information content (AvgIpc) is 2.71. The summed E-state index contributed by atoms with van der Waals surface area (Å²) in [6.45, 7) is 8.67. The zero-order valence-corrected chi connectivity index (χ0v) is 23.3. The summed E-state index contributed by atoms with van der Waals surface area (Å²) in [5.74, 6) is -0.860. The van der Waals surface area contributed by atoms with Crippen molar-refractivity contribution in [3.8, 4) is 0 Å². The second-order valence-corrected chi connectivity index (χ2v) is 12.2. The predicted octanol–water partition coefficient (Wildman–Crippen LogP) is 4.79. The number of carbonyl (C=O) groups excluding carboxylic acids is 2. The number of carbonyl (C=O) groups is 2. The van der Waals surface area contributed by atoms with E-state index in [4.69, 9.17) is 23.2 Å². The first-order valence-electron chi connectivity index (χ1n) is 11.2. The van der Waals surface area contributed by atoms with Crippen LogP contribution in [0, 0.1) is 6.92 Å². The Morgan fingerprint density at radius 2 is 1.71 bits per heavy atom. The van der Waals surface area contributed by atoms with Gasteiger partial charge in [-0.15, -0.1) is 0 Å². The van der Waals surface area contributed by atoms with E-state index in [1.807, 2.05) is 20.8 Å². The highest BCUT2D eigenvalue weighted by molar-refractivity contribution is 7.92. The Morgan fingerprint density at radius 3 is 2.23 bits per heavy atom. The number of para-hydroxylation sites is 1. The third kappa shape index (κ3) is 8.12. The van der Waals surface area contributed by atoms with Crippen LogP contribution in [0.2, 0.25) is 10.0 Å². The van der Waals surface area contributed by atoms with Crippen LogP contribution in [-0.2, 0) is 26.2 Å². The van der Waals surface area contributed by atoms with Crippen LogP contribution in [-0.4, -0.2) is 49.5 Å². The molecule has 0 radical (unpaired) electrons. The molecule has 0 fully saturated rings. The largest absolute Gasteiger partial charge is 0.350 e. The molecule has 0 aromatic heterocycles. The maximum Gasteiger partial charge on any atom is 0.244 e. The van der Waals surface area contributed by atoms with Gasteiger partial charge in [0.1, 0.15) is 12.6 Å². The van der Waals surface area contributed by atoms with Crippen molar-refractivity contribution in [2.24, 2.45) is 0 Å². The van der Waals surface area contributed by atoms with Crippen molar-refractivity contribution in [2.75, 3.05) is 17.1 Å². The van der Waals surface area contributed by atoms with Gasteiger partial charge in [-0.3, -0.25) is 13.9 Å². The summed E-state index contributed by atoms with van der Waals surface area (Å²) in [6, 6.07) is 11.0. The lowest BCUT2D eigenvalue weighted by molar-refractivity contribution is -0.141. The van der Waals surface area contributed by atoms with Crippen LogP contribution in [0.4, 0.5) is 5.69 Å². The molecule has 0 aliphatic carbocycles. The smallest absolute Gasteiger partial charge is 0.244 e. The minimum Gasteiger partial charge on any atom is -0.350 e. The van der Waals surface area contributed by atoms with Crippen LogP contribution in [0.5, 0.6) is 0 Å². The quantitative estimate of drug-likeness (QED) is 0.494. The van der Waals surface area contributed by atoms with Crippen LogP contribution in [0.25, 0.3) is 0 Å². The summed E-state index contributed by atoms with van der Waals surface area (Å²) in [5, 5.41) is 3.71. The molecule has 192 valence electrons. The van der Waals surface area contributed by atoms with Gasteiger partial charge in [-0.2, -0.15) is 0 Å². The molecule has 0 heterocycles. The fourth-order valence-corrected chi connectivity index (χ4v) is 5.02. The molecule has 35 heavy (non-hydrogen) atoms. The number of amides is 2. The molecule has 1 atom stereocenters. The number of sulfonamides is 1. The topological polar surface area (TPSA) is 86.8 Å². The number of aryl methyl sites for hydroxylation is 1. The standard InChI is InChI=1S/C25H33Cl2N3O4S/c1-7-21(24(32)28-25(3,4)5)29(15-18-12-13-19(26)14-20(18)27)23(31)16-30(35(6,33)34)22-11-9-8-10-17(22)2/h8-14,21H,7,15-16H2,1-6H3,(H,28,32)/t21-/m1/s1. The highest BCUT2D eigenvalue weighted by Crippen LogP contribution is 2.26. The van der Waals surface area contributed by atoms with Crippen LogP contribution < -0.4 is 9.62 Å². The van der Waals surface area contributed by atoms with Crippen LogP contribution in [0.15, 0.2) is 42.5 Å². The van der Waals surface area contributed by atoms with Crippen LogP contribution in [0.3, 0.4) is 0 Å². The first kappa shape index (κ1) is 28.9. The molecule has 10 heteroatoms. The molecular weight excluding hydrogens is 509 g/mol. The maximum atomic E-state index is 13.7. The number of nitrogens with one attached hydrogen (secondary N) is 1. The van der Waals surface area contributed by atoms with Gasteiger partial charge in [0.05, 0.1) is 11.9 Å². The van der Waals surface area contributed by atoms with Crippen molar-refractivity contribution in [3.05, 3.63) is 63.6 Å². The maximum absolute atomic E-state index is 13.7. The van der Waals surface area contributed by atoms with Crippen molar-refractivity contribution in [1.29, 1.82) is 0 Å². The summed E-state index contributed by atoms with van der Waals surface area (Å²) < 4.78 is 26.5. The van der Waals surface area contributed by atoms with Crippen LogP contribution >= 0.6 is 23.2 Å². The molecule has 2 aromatic rings. The molecule has 2 aromatic carbocycles. The van der Waals surface area contributed by atoms with Gasteiger partial charge in [-0.25, -0.2) is 8.42 Å². The Morgan fingerprint density at radius 1 is 1.09 bits per heavy atom. The summed E-state index contributed by atoms with van der Waals surface area (Å²) in [5.41, 5.74) is 1.18. The number of anilines is 1. The van der Waals surface area contributed by atoms with Crippen molar-refractivity contribution >= 4 is 50.7 Å².